The Morgan fingerprint density at radius 1 is 0.941 bits per heavy atom. The van der Waals surface area contributed by atoms with Crippen molar-refractivity contribution in [2.45, 2.75) is 19.4 Å². The third-order valence-corrected chi connectivity index (χ3v) is 6.66. The highest BCUT2D eigenvalue weighted by Gasteiger charge is 2.19. The van der Waals surface area contributed by atoms with Crippen LogP contribution in [0, 0.1) is 0 Å². The summed E-state index contributed by atoms with van der Waals surface area (Å²) in [6.45, 7) is 7.50. The van der Waals surface area contributed by atoms with Gasteiger partial charge in [-0.25, -0.2) is 4.98 Å². The third kappa shape index (κ3) is 4.82. The summed E-state index contributed by atoms with van der Waals surface area (Å²) in [7, 11) is 3.53. The largest absolute Gasteiger partial charge is 0.486 e. The lowest BCUT2D eigenvalue weighted by atomic mass is 10.1. The van der Waals surface area contributed by atoms with Crippen LogP contribution in [0.3, 0.4) is 0 Å². The van der Waals surface area contributed by atoms with Crippen LogP contribution >= 0.6 is 0 Å². The highest BCUT2D eigenvalue weighted by Crippen LogP contribution is 2.34. The van der Waals surface area contributed by atoms with E-state index in [1.807, 2.05) is 30.6 Å². The second-order valence-corrected chi connectivity index (χ2v) is 9.20. The molecule has 2 aromatic carbocycles. The van der Waals surface area contributed by atoms with Gasteiger partial charge in [0.1, 0.15) is 13.2 Å². The van der Waals surface area contributed by atoms with E-state index in [-0.39, 0.29) is 5.91 Å². The van der Waals surface area contributed by atoms with Crippen molar-refractivity contribution in [3.05, 3.63) is 48.3 Å². The quantitative estimate of drug-likeness (QED) is 0.502. The van der Waals surface area contributed by atoms with Crippen molar-refractivity contribution in [2.24, 2.45) is 0 Å². The van der Waals surface area contributed by atoms with Gasteiger partial charge in [-0.05, 0) is 49.7 Å². The Morgan fingerprint density at radius 2 is 1.71 bits per heavy atom. The van der Waals surface area contributed by atoms with Crippen LogP contribution in [0.4, 0.5) is 5.69 Å². The highest BCUT2D eigenvalue weighted by molar-refractivity contribution is 5.97. The maximum atomic E-state index is 12.2. The smallest absolute Gasteiger partial charge is 0.253 e. The number of aromatic nitrogens is 2. The standard InChI is InChI=1S/C26H33N5O3/c1-28(2)26(32)20-5-7-23-22(17-20)27-19-31(23)10-4-3-9-29-11-13-30(14-12-29)21-6-8-24-25(18-21)34-16-15-33-24/h5-8,17-19H,3-4,9-16H2,1-2H3. The molecule has 1 fully saturated rings. The lowest BCUT2D eigenvalue weighted by Crippen LogP contribution is -2.46. The molecule has 0 unspecified atom stereocenters. The number of fused-ring (bicyclic) bond motifs is 2. The third-order valence-electron chi connectivity index (χ3n) is 6.66. The first-order chi connectivity index (χ1) is 16.6. The molecule has 3 aromatic rings. The molecule has 2 aliphatic rings. The lowest BCUT2D eigenvalue weighted by Gasteiger charge is -2.36. The molecule has 8 nitrogen and oxygen atoms in total. The number of aryl methyl sites for hydroxylation is 1. The second-order valence-electron chi connectivity index (χ2n) is 9.20. The van der Waals surface area contributed by atoms with Gasteiger partial charge in [0.05, 0.1) is 17.4 Å². The van der Waals surface area contributed by atoms with Crippen molar-refractivity contribution in [3.63, 3.8) is 0 Å². The van der Waals surface area contributed by atoms with Crippen molar-refractivity contribution in [1.82, 2.24) is 19.4 Å². The van der Waals surface area contributed by atoms with Gasteiger partial charge in [-0.3, -0.25) is 9.69 Å². The minimum atomic E-state index is 0.00511. The van der Waals surface area contributed by atoms with Gasteiger partial charge >= 0.3 is 0 Å². The zero-order valence-electron chi connectivity index (χ0n) is 20.1. The SMILES string of the molecule is CN(C)C(=O)c1ccc2c(c1)ncn2CCCCN1CCN(c2ccc3c(c2)OCCO3)CC1. The molecule has 1 amide bonds. The number of amides is 1. The first-order valence-electron chi connectivity index (χ1n) is 12.1. The summed E-state index contributed by atoms with van der Waals surface area (Å²) in [5.41, 5.74) is 3.86. The van der Waals surface area contributed by atoms with Crippen molar-refractivity contribution in [3.8, 4) is 11.5 Å². The average Bonchev–Trinajstić information content (AvgIpc) is 3.28. The number of anilines is 1. The van der Waals surface area contributed by atoms with Gasteiger partial charge in [-0.2, -0.15) is 0 Å². The van der Waals surface area contributed by atoms with Gasteiger partial charge < -0.3 is 23.8 Å². The molecule has 0 bridgehead atoms. The monoisotopic (exact) mass is 463 g/mol. The first-order valence-corrected chi connectivity index (χ1v) is 12.1. The molecule has 2 aliphatic heterocycles. The number of benzene rings is 2. The van der Waals surface area contributed by atoms with E-state index in [0.29, 0.717) is 18.8 Å². The molecule has 0 radical (unpaired) electrons. The Bertz CT molecular complexity index is 1150. The molecule has 0 atom stereocenters. The van der Waals surface area contributed by atoms with Gasteiger partial charge in [0.2, 0.25) is 0 Å². The number of hydrogen-bond donors (Lipinski definition) is 0. The number of ether oxygens (including phenoxy) is 2. The fourth-order valence-electron chi connectivity index (χ4n) is 4.71. The summed E-state index contributed by atoms with van der Waals surface area (Å²) in [6, 6.07) is 12.1. The molecule has 1 saturated heterocycles. The van der Waals surface area contributed by atoms with Crippen molar-refractivity contribution < 1.29 is 14.3 Å². The second kappa shape index (κ2) is 9.93. The van der Waals surface area contributed by atoms with Crippen molar-refractivity contribution >= 4 is 22.6 Å². The number of imidazole rings is 1. The zero-order chi connectivity index (χ0) is 23.5. The van der Waals surface area contributed by atoms with Crippen LogP contribution in [0.5, 0.6) is 11.5 Å². The Kier molecular flexibility index (Phi) is 6.58. The number of carbonyl (C=O) groups excluding carboxylic acids is 1. The van der Waals surface area contributed by atoms with Gasteiger partial charge in [-0.15, -0.1) is 0 Å². The van der Waals surface area contributed by atoms with Gasteiger partial charge in [0.25, 0.3) is 5.91 Å². The zero-order valence-corrected chi connectivity index (χ0v) is 20.1. The predicted molar refractivity (Wildman–Crippen MR) is 133 cm³/mol. The molecule has 1 aromatic heterocycles. The van der Waals surface area contributed by atoms with Gasteiger partial charge in [-0.1, -0.05) is 0 Å². The number of hydrogen-bond acceptors (Lipinski definition) is 6. The van der Waals surface area contributed by atoms with Crippen molar-refractivity contribution in [2.75, 3.05) is 64.9 Å². The van der Waals surface area contributed by atoms with Crippen LogP contribution in [0.2, 0.25) is 0 Å². The number of nitrogens with zero attached hydrogens (tertiary/aromatic N) is 5. The van der Waals surface area contributed by atoms with E-state index in [2.05, 4.69) is 31.5 Å². The van der Waals surface area contributed by atoms with E-state index in [9.17, 15) is 4.79 Å². The van der Waals surface area contributed by atoms with Crippen LogP contribution in [-0.4, -0.2) is 85.3 Å². The summed E-state index contributed by atoms with van der Waals surface area (Å²) in [5, 5.41) is 0. The minimum absolute atomic E-state index is 0.00511. The van der Waals surface area contributed by atoms with Gasteiger partial charge in [0.15, 0.2) is 11.5 Å². The topological polar surface area (TPSA) is 63.1 Å². The molecule has 0 N–H and O–H groups in total. The molecule has 180 valence electrons. The lowest BCUT2D eigenvalue weighted by molar-refractivity contribution is 0.0827. The predicted octanol–water partition coefficient (Wildman–Crippen LogP) is 3.11. The Labute approximate surface area is 200 Å². The summed E-state index contributed by atoms with van der Waals surface area (Å²) in [4.78, 5) is 23.3. The molecule has 0 aliphatic carbocycles. The van der Waals surface area contributed by atoms with E-state index in [0.717, 1.165) is 74.6 Å². The van der Waals surface area contributed by atoms with Crippen molar-refractivity contribution in [1.29, 1.82) is 0 Å². The van der Waals surface area contributed by atoms with Crippen LogP contribution in [0.1, 0.15) is 23.2 Å². The normalized spacial score (nSPS) is 16.1. The van der Waals surface area contributed by atoms with E-state index in [4.69, 9.17) is 9.47 Å². The molecule has 0 spiro atoms. The number of piperazine rings is 1. The Balaban J connectivity index is 1.07. The maximum Gasteiger partial charge on any atom is 0.253 e. The highest BCUT2D eigenvalue weighted by atomic mass is 16.6. The summed E-state index contributed by atoms with van der Waals surface area (Å²) in [6.07, 6.45) is 4.15. The molecule has 5 rings (SSSR count). The molecule has 3 heterocycles. The summed E-state index contributed by atoms with van der Waals surface area (Å²) < 4.78 is 13.6. The Morgan fingerprint density at radius 3 is 2.50 bits per heavy atom. The van der Waals surface area contributed by atoms with E-state index in [1.54, 1.807) is 19.0 Å². The van der Waals surface area contributed by atoms with Crippen LogP contribution in [-0.2, 0) is 6.54 Å². The van der Waals surface area contributed by atoms with E-state index in [1.165, 1.54) is 5.69 Å². The summed E-state index contributed by atoms with van der Waals surface area (Å²) >= 11 is 0. The number of unbranched alkanes of at least 4 members (excludes halogenated alkanes) is 1. The number of rotatable bonds is 7. The first kappa shape index (κ1) is 22.5. The van der Waals surface area contributed by atoms with E-state index < -0.39 is 0 Å². The van der Waals surface area contributed by atoms with E-state index >= 15 is 0 Å². The van der Waals surface area contributed by atoms with Crippen LogP contribution in [0.15, 0.2) is 42.7 Å². The molecular weight excluding hydrogens is 430 g/mol. The fraction of sp³-hybridized carbons (Fsp3) is 0.462. The average molecular weight is 464 g/mol. The molecule has 34 heavy (non-hydrogen) atoms. The molecule has 0 saturated carbocycles. The van der Waals surface area contributed by atoms with Crippen LogP contribution in [0.25, 0.3) is 11.0 Å². The maximum absolute atomic E-state index is 12.2. The van der Waals surface area contributed by atoms with Gasteiger partial charge in [0, 0.05) is 64.1 Å². The minimum Gasteiger partial charge on any atom is -0.486 e. The Hall–Kier alpha value is -3.26. The van der Waals surface area contributed by atoms with Crippen LogP contribution < -0.4 is 14.4 Å². The summed E-state index contributed by atoms with van der Waals surface area (Å²) in [5.74, 6) is 1.71. The fourth-order valence-corrected chi connectivity index (χ4v) is 4.71. The molecular formula is C26H33N5O3. The molecule has 8 heteroatoms. The number of carbonyl (C=O) groups is 1.